The van der Waals surface area contributed by atoms with E-state index in [0.29, 0.717) is 6.54 Å². The highest BCUT2D eigenvalue weighted by Gasteiger charge is 2.07. The molecule has 0 saturated heterocycles. The molecule has 0 aromatic heterocycles. The van der Waals surface area contributed by atoms with Gasteiger partial charge in [0.05, 0.1) is 11.5 Å². The first-order valence-electron chi connectivity index (χ1n) is 3.93. The summed E-state index contributed by atoms with van der Waals surface area (Å²) in [5.74, 6) is 0. The predicted octanol–water partition coefficient (Wildman–Crippen LogP) is 0.114. The van der Waals surface area contributed by atoms with Gasteiger partial charge in [0.1, 0.15) is 5.69 Å². The second-order valence-electron chi connectivity index (χ2n) is 2.33. The number of aliphatic hydroxyl groups is 1. The Balaban J connectivity index is 0.000000364. The Kier molecular flexibility index (Phi) is 6.01. The van der Waals surface area contributed by atoms with Crippen molar-refractivity contribution in [2.45, 2.75) is 0 Å². The summed E-state index contributed by atoms with van der Waals surface area (Å²) < 4.78 is 0. The third-order valence-corrected chi connectivity index (χ3v) is 1.26. The molecule has 6 heteroatoms. The summed E-state index contributed by atoms with van der Waals surface area (Å²) in [6.07, 6.45) is 0. The lowest BCUT2D eigenvalue weighted by atomic mass is 10.3. The highest BCUT2D eigenvalue weighted by molar-refractivity contribution is 5.57. The number of nitro benzene ring substituents is 1. The van der Waals surface area contributed by atoms with Crippen LogP contribution in [-0.4, -0.2) is 23.2 Å². The molecular formula is C8H13N3O3. The quantitative estimate of drug-likeness (QED) is 0.355. The molecule has 1 aromatic rings. The van der Waals surface area contributed by atoms with Gasteiger partial charge in [0.15, 0.2) is 0 Å². The summed E-state index contributed by atoms with van der Waals surface area (Å²) >= 11 is 0. The van der Waals surface area contributed by atoms with E-state index < -0.39 is 4.92 Å². The lowest BCUT2D eigenvalue weighted by molar-refractivity contribution is -0.383. The maximum absolute atomic E-state index is 10.1. The van der Waals surface area contributed by atoms with E-state index >= 15 is 0 Å². The maximum atomic E-state index is 10.1. The summed E-state index contributed by atoms with van der Waals surface area (Å²) in [6, 6.07) is 6.10. The van der Waals surface area contributed by atoms with Gasteiger partial charge in [0, 0.05) is 12.6 Å². The average molecular weight is 199 g/mol. The largest absolute Gasteiger partial charge is 0.395 e. The highest BCUT2D eigenvalue weighted by atomic mass is 16.6. The molecule has 1 aromatic carbocycles. The van der Waals surface area contributed by atoms with Crippen LogP contribution < -0.4 is 11.5 Å². The van der Waals surface area contributed by atoms with Gasteiger partial charge < -0.3 is 16.6 Å². The van der Waals surface area contributed by atoms with Crippen LogP contribution in [0.25, 0.3) is 0 Å². The predicted molar refractivity (Wildman–Crippen MR) is 53.6 cm³/mol. The summed E-state index contributed by atoms with van der Waals surface area (Å²) in [4.78, 5) is 9.64. The molecule has 5 N–H and O–H groups in total. The number of rotatable bonds is 2. The van der Waals surface area contributed by atoms with Crippen molar-refractivity contribution in [3.8, 4) is 0 Å². The Morgan fingerprint density at radius 3 is 2.21 bits per heavy atom. The van der Waals surface area contributed by atoms with E-state index in [-0.39, 0.29) is 18.0 Å². The molecule has 0 atom stereocenters. The number of hydrogen-bond donors (Lipinski definition) is 3. The summed E-state index contributed by atoms with van der Waals surface area (Å²) in [6.45, 7) is 0.472. The first-order valence-corrected chi connectivity index (χ1v) is 3.93. The molecule has 0 spiro atoms. The zero-order valence-electron chi connectivity index (χ0n) is 7.59. The van der Waals surface area contributed by atoms with Gasteiger partial charge in [-0.2, -0.15) is 0 Å². The van der Waals surface area contributed by atoms with Crippen LogP contribution in [0.5, 0.6) is 0 Å². The van der Waals surface area contributed by atoms with Crippen molar-refractivity contribution in [1.29, 1.82) is 0 Å². The fourth-order valence-electron chi connectivity index (χ4n) is 0.654. The Labute approximate surface area is 81.3 Å². The first-order chi connectivity index (χ1) is 6.63. The van der Waals surface area contributed by atoms with E-state index in [1.165, 1.54) is 12.1 Å². The van der Waals surface area contributed by atoms with Crippen molar-refractivity contribution in [3.63, 3.8) is 0 Å². The van der Waals surface area contributed by atoms with Gasteiger partial charge in [0.25, 0.3) is 5.69 Å². The van der Waals surface area contributed by atoms with E-state index in [1.807, 2.05) is 0 Å². The molecule has 6 nitrogen and oxygen atoms in total. The van der Waals surface area contributed by atoms with E-state index in [9.17, 15) is 10.1 Å². The van der Waals surface area contributed by atoms with Crippen LogP contribution in [0, 0.1) is 10.1 Å². The SMILES string of the molecule is NCCO.Nc1ccccc1[N+](=O)[O-]. The summed E-state index contributed by atoms with van der Waals surface area (Å²) in [7, 11) is 0. The third-order valence-electron chi connectivity index (χ3n) is 1.26. The average Bonchev–Trinajstić information content (AvgIpc) is 2.18. The first kappa shape index (κ1) is 12.3. The van der Waals surface area contributed by atoms with Crippen molar-refractivity contribution in [2.75, 3.05) is 18.9 Å². The second-order valence-corrected chi connectivity index (χ2v) is 2.33. The number of nitrogen functional groups attached to an aromatic ring is 1. The van der Waals surface area contributed by atoms with Crippen molar-refractivity contribution in [2.24, 2.45) is 5.73 Å². The maximum Gasteiger partial charge on any atom is 0.292 e. The van der Waals surface area contributed by atoms with Crippen molar-refractivity contribution >= 4 is 11.4 Å². The van der Waals surface area contributed by atoms with E-state index in [1.54, 1.807) is 12.1 Å². The molecule has 14 heavy (non-hydrogen) atoms. The fraction of sp³-hybridized carbons (Fsp3) is 0.250. The van der Waals surface area contributed by atoms with Crippen LogP contribution in [0.4, 0.5) is 11.4 Å². The number of benzene rings is 1. The number of para-hydroxylation sites is 2. The van der Waals surface area contributed by atoms with Crippen molar-refractivity contribution in [1.82, 2.24) is 0 Å². The Bertz CT molecular complexity index is 289. The van der Waals surface area contributed by atoms with Crippen LogP contribution in [0.3, 0.4) is 0 Å². The van der Waals surface area contributed by atoms with E-state index in [2.05, 4.69) is 0 Å². The standard InChI is InChI=1S/C6H6N2O2.C2H7NO/c7-5-3-1-2-4-6(5)8(9)10;3-1-2-4/h1-4H,7H2;4H,1-3H2. The molecule has 0 saturated carbocycles. The number of nitrogens with two attached hydrogens (primary N) is 2. The molecule has 0 unspecified atom stereocenters. The number of nitrogens with zero attached hydrogens (tertiary/aromatic N) is 1. The monoisotopic (exact) mass is 199 g/mol. The minimum Gasteiger partial charge on any atom is -0.395 e. The van der Waals surface area contributed by atoms with Crippen molar-refractivity contribution in [3.05, 3.63) is 34.4 Å². The molecule has 0 bridgehead atoms. The van der Waals surface area contributed by atoms with Gasteiger partial charge in [-0.05, 0) is 6.07 Å². The van der Waals surface area contributed by atoms with Crippen molar-refractivity contribution < 1.29 is 10.0 Å². The number of hydrogen-bond acceptors (Lipinski definition) is 5. The zero-order chi connectivity index (χ0) is 11.0. The number of nitro groups is 1. The van der Waals surface area contributed by atoms with Gasteiger partial charge in [-0.15, -0.1) is 0 Å². The van der Waals surface area contributed by atoms with Gasteiger partial charge in [-0.3, -0.25) is 10.1 Å². The molecule has 78 valence electrons. The topological polar surface area (TPSA) is 115 Å². The van der Waals surface area contributed by atoms with Crippen LogP contribution in [0.1, 0.15) is 0 Å². The van der Waals surface area contributed by atoms with E-state index in [0.717, 1.165) is 0 Å². The number of aliphatic hydroxyl groups excluding tert-OH is 1. The Morgan fingerprint density at radius 2 is 1.93 bits per heavy atom. The number of anilines is 1. The van der Waals surface area contributed by atoms with Gasteiger partial charge >= 0.3 is 0 Å². The summed E-state index contributed by atoms with van der Waals surface area (Å²) in [5.41, 5.74) is 10.2. The normalized spacial score (nSPS) is 8.71. The van der Waals surface area contributed by atoms with Gasteiger partial charge in [-0.25, -0.2) is 0 Å². The van der Waals surface area contributed by atoms with Gasteiger partial charge in [0.2, 0.25) is 0 Å². The highest BCUT2D eigenvalue weighted by Crippen LogP contribution is 2.18. The molecule has 0 heterocycles. The summed E-state index contributed by atoms with van der Waals surface area (Å²) in [5, 5.41) is 17.9. The van der Waals surface area contributed by atoms with Gasteiger partial charge in [-0.1, -0.05) is 12.1 Å². The minimum atomic E-state index is -0.505. The smallest absolute Gasteiger partial charge is 0.292 e. The Morgan fingerprint density at radius 1 is 1.43 bits per heavy atom. The molecule has 0 aliphatic rings. The van der Waals surface area contributed by atoms with Crippen LogP contribution in [0.2, 0.25) is 0 Å². The minimum absolute atomic E-state index is 0.0394. The third kappa shape index (κ3) is 4.39. The lowest BCUT2D eigenvalue weighted by Gasteiger charge is -1.92. The van der Waals surface area contributed by atoms with Crippen LogP contribution >= 0.6 is 0 Å². The van der Waals surface area contributed by atoms with E-state index in [4.69, 9.17) is 16.6 Å². The molecule has 0 amide bonds. The lowest BCUT2D eigenvalue weighted by Crippen LogP contribution is -2.02. The molecule has 1 rings (SSSR count). The molecular weight excluding hydrogens is 186 g/mol. The zero-order valence-corrected chi connectivity index (χ0v) is 7.59. The second kappa shape index (κ2) is 6.81. The van der Waals surface area contributed by atoms with Crippen LogP contribution in [0.15, 0.2) is 24.3 Å². The molecule has 0 fully saturated rings. The molecule has 0 aliphatic heterocycles. The molecule has 0 aliphatic carbocycles. The molecule has 0 radical (unpaired) electrons. The fourth-order valence-corrected chi connectivity index (χ4v) is 0.654. The Hall–Kier alpha value is -1.66. The van der Waals surface area contributed by atoms with Crippen LogP contribution in [-0.2, 0) is 0 Å².